The molecule has 10 nitrogen and oxygen atoms in total. The molecular weight excluding hydrogens is 408 g/mol. The summed E-state index contributed by atoms with van der Waals surface area (Å²) in [6.07, 6.45) is 1.75. The van der Waals surface area contributed by atoms with Crippen LogP contribution in [0, 0.1) is 0 Å². The van der Waals surface area contributed by atoms with Crippen molar-refractivity contribution in [1.29, 1.82) is 0 Å². The lowest BCUT2D eigenvalue weighted by Gasteiger charge is -2.19. The number of carbonyl (C=O) groups is 2. The molecule has 0 aromatic carbocycles. The van der Waals surface area contributed by atoms with E-state index in [4.69, 9.17) is 0 Å². The van der Waals surface area contributed by atoms with E-state index in [2.05, 4.69) is 20.6 Å². The third-order valence-corrected chi connectivity index (χ3v) is 5.32. The first-order valence-electron chi connectivity index (χ1n) is 9.66. The maximum absolute atomic E-state index is 12.7. The largest absolute Gasteiger partial charge is 0.338 e. The van der Waals surface area contributed by atoms with Crippen LogP contribution in [0.15, 0.2) is 14.6 Å². The average molecular weight is 437 g/mol. The highest BCUT2D eigenvalue weighted by molar-refractivity contribution is 8.00. The van der Waals surface area contributed by atoms with Crippen LogP contribution in [0.5, 0.6) is 0 Å². The molecule has 11 heteroatoms. The third-order valence-electron chi connectivity index (χ3n) is 4.35. The van der Waals surface area contributed by atoms with Gasteiger partial charge in [-0.1, -0.05) is 45.9 Å². The summed E-state index contributed by atoms with van der Waals surface area (Å²) in [6, 6.07) is -0.560. The summed E-state index contributed by atoms with van der Waals surface area (Å²) in [7, 11) is 2.91. The predicted molar refractivity (Wildman–Crippen MR) is 116 cm³/mol. The van der Waals surface area contributed by atoms with Crippen molar-refractivity contribution in [2.75, 3.05) is 12.3 Å². The minimum Gasteiger partial charge on any atom is -0.338 e. The number of thioether (sulfide) groups is 1. The first kappa shape index (κ1) is 23.6. The van der Waals surface area contributed by atoms with E-state index in [0.717, 1.165) is 29.2 Å². The zero-order valence-corrected chi connectivity index (χ0v) is 19.0. The Labute approximate surface area is 178 Å². The Morgan fingerprint density at radius 2 is 1.77 bits per heavy atom. The van der Waals surface area contributed by atoms with Crippen molar-refractivity contribution in [2.24, 2.45) is 14.1 Å². The summed E-state index contributed by atoms with van der Waals surface area (Å²) in [6.45, 7) is 8.22. The number of hydrogen-bond acceptors (Lipinski definition) is 7. The van der Waals surface area contributed by atoms with E-state index in [1.807, 2.05) is 27.7 Å². The average Bonchev–Trinajstić information content (AvgIpc) is 2.67. The lowest BCUT2D eigenvalue weighted by atomic mass is 9.96. The number of aromatic nitrogens is 4. The first-order valence-corrected chi connectivity index (χ1v) is 10.6. The number of nitrogens with one attached hydrogen (secondary N) is 2. The van der Waals surface area contributed by atoms with Gasteiger partial charge in [0.15, 0.2) is 5.65 Å². The van der Waals surface area contributed by atoms with Crippen molar-refractivity contribution in [3.63, 3.8) is 0 Å². The van der Waals surface area contributed by atoms with Crippen molar-refractivity contribution in [3.8, 4) is 0 Å². The lowest BCUT2D eigenvalue weighted by Crippen LogP contribution is -2.40. The molecule has 0 aliphatic rings. The van der Waals surface area contributed by atoms with E-state index < -0.39 is 28.6 Å². The Morgan fingerprint density at radius 1 is 1.10 bits per heavy atom. The third kappa shape index (κ3) is 5.26. The van der Waals surface area contributed by atoms with Crippen molar-refractivity contribution in [2.45, 2.75) is 51.0 Å². The first-order chi connectivity index (χ1) is 14.0. The number of carbonyl (C=O) groups excluding carboxylic acids is 2. The van der Waals surface area contributed by atoms with Gasteiger partial charge in [-0.25, -0.2) is 19.6 Å². The van der Waals surface area contributed by atoms with E-state index >= 15 is 0 Å². The number of aryl methyl sites for hydroxylation is 1. The Hall–Kier alpha value is -2.69. The lowest BCUT2D eigenvalue weighted by molar-refractivity contribution is -0.117. The molecule has 2 rings (SSSR count). The molecule has 0 aliphatic heterocycles. The highest BCUT2D eigenvalue weighted by Crippen LogP contribution is 2.26. The minimum absolute atomic E-state index is 0.122. The van der Waals surface area contributed by atoms with Crippen LogP contribution in [0.4, 0.5) is 4.79 Å². The van der Waals surface area contributed by atoms with Crippen LogP contribution in [0.2, 0.25) is 0 Å². The van der Waals surface area contributed by atoms with Crippen LogP contribution in [0.25, 0.3) is 11.0 Å². The van der Waals surface area contributed by atoms with Gasteiger partial charge in [0.2, 0.25) is 5.91 Å². The number of nitrogens with zero attached hydrogens (tertiary/aromatic N) is 4. The van der Waals surface area contributed by atoms with Crippen molar-refractivity contribution < 1.29 is 9.59 Å². The number of fused-ring (bicyclic) bond motifs is 1. The standard InChI is InChI=1S/C19H28N6O4S/c1-7-8-9-20-17(28)21-11(26)10-30-14-12-13(22-16(23-14)19(2,3)4)24(5)18(29)25(6)15(12)27/h7-10H2,1-6H3,(H2,20,21,26,28). The molecular formula is C19H28N6O4S. The number of amides is 3. The van der Waals surface area contributed by atoms with Gasteiger partial charge < -0.3 is 5.32 Å². The molecule has 0 unspecified atom stereocenters. The summed E-state index contributed by atoms with van der Waals surface area (Å²) < 4.78 is 2.27. The van der Waals surface area contributed by atoms with E-state index in [1.54, 1.807) is 0 Å². The second kappa shape index (κ2) is 9.41. The highest BCUT2D eigenvalue weighted by atomic mass is 32.2. The molecule has 0 atom stereocenters. The second-order valence-electron chi connectivity index (χ2n) is 7.95. The van der Waals surface area contributed by atoms with Gasteiger partial charge >= 0.3 is 11.7 Å². The quantitative estimate of drug-likeness (QED) is 0.393. The molecule has 0 saturated carbocycles. The topological polar surface area (TPSA) is 128 Å². The maximum atomic E-state index is 12.7. The molecule has 0 saturated heterocycles. The van der Waals surface area contributed by atoms with E-state index in [1.165, 1.54) is 18.7 Å². The van der Waals surface area contributed by atoms with Crippen LogP contribution < -0.4 is 21.9 Å². The molecule has 0 fully saturated rings. The normalized spacial score (nSPS) is 11.5. The molecule has 2 heterocycles. The second-order valence-corrected chi connectivity index (χ2v) is 8.92. The highest BCUT2D eigenvalue weighted by Gasteiger charge is 2.24. The zero-order chi connectivity index (χ0) is 22.6. The summed E-state index contributed by atoms with van der Waals surface area (Å²) >= 11 is 1.02. The molecule has 2 aromatic rings. The van der Waals surface area contributed by atoms with E-state index in [9.17, 15) is 19.2 Å². The summed E-state index contributed by atoms with van der Waals surface area (Å²) in [5, 5.41) is 5.32. The number of rotatable bonds is 6. The van der Waals surface area contributed by atoms with Gasteiger partial charge in [0, 0.05) is 26.1 Å². The Morgan fingerprint density at radius 3 is 2.37 bits per heavy atom. The molecule has 0 aliphatic carbocycles. The maximum Gasteiger partial charge on any atom is 0.332 e. The van der Waals surface area contributed by atoms with Crippen molar-refractivity contribution in [1.82, 2.24) is 29.7 Å². The smallest absolute Gasteiger partial charge is 0.332 e. The molecule has 0 bridgehead atoms. The molecule has 30 heavy (non-hydrogen) atoms. The van der Waals surface area contributed by atoms with E-state index in [-0.39, 0.29) is 16.8 Å². The zero-order valence-electron chi connectivity index (χ0n) is 18.2. The van der Waals surface area contributed by atoms with Gasteiger partial charge in [0.25, 0.3) is 5.56 Å². The summed E-state index contributed by atoms with van der Waals surface area (Å²) in [4.78, 5) is 57.9. The predicted octanol–water partition coefficient (Wildman–Crippen LogP) is 1.04. The Kier molecular flexibility index (Phi) is 7.40. The van der Waals surface area contributed by atoms with Gasteiger partial charge in [0.05, 0.1) is 5.75 Å². The molecule has 164 valence electrons. The number of imide groups is 1. The molecule has 3 amide bonds. The van der Waals surface area contributed by atoms with Crippen LogP contribution in [0.1, 0.15) is 46.4 Å². The fraction of sp³-hybridized carbons (Fsp3) is 0.579. The Balaban J connectivity index is 2.38. The summed E-state index contributed by atoms with van der Waals surface area (Å²) in [5.74, 6) is -0.193. The molecule has 0 spiro atoms. The van der Waals surface area contributed by atoms with Crippen molar-refractivity contribution >= 4 is 34.7 Å². The number of urea groups is 1. The van der Waals surface area contributed by atoms with Crippen molar-refractivity contribution in [3.05, 3.63) is 26.7 Å². The molecule has 2 N–H and O–H groups in total. The Bertz CT molecular complexity index is 1080. The van der Waals surface area contributed by atoms with Crippen LogP contribution in [-0.2, 0) is 24.3 Å². The van der Waals surface area contributed by atoms with Gasteiger partial charge in [0.1, 0.15) is 16.2 Å². The number of hydrogen-bond donors (Lipinski definition) is 2. The fourth-order valence-corrected chi connectivity index (χ4v) is 3.40. The minimum atomic E-state index is -0.560. The van der Waals surface area contributed by atoms with Gasteiger partial charge in [-0.2, -0.15) is 0 Å². The SMILES string of the molecule is CCCCNC(=O)NC(=O)CSc1nc(C(C)(C)C)nc2c1c(=O)n(C)c(=O)n2C. The van der Waals surface area contributed by atoms with Gasteiger partial charge in [-0.3, -0.25) is 24.0 Å². The van der Waals surface area contributed by atoms with Crippen LogP contribution in [0.3, 0.4) is 0 Å². The van der Waals surface area contributed by atoms with Crippen LogP contribution >= 0.6 is 11.8 Å². The fourth-order valence-electron chi connectivity index (χ4n) is 2.59. The van der Waals surface area contributed by atoms with Gasteiger partial charge in [-0.15, -0.1) is 0 Å². The summed E-state index contributed by atoms with van der Waals surface area (Å²) in [5.41, 5.74) is -1.26. The van der Waals surface area contributed by atoms with Crippen LogP contribution in [-0.4, -0.2) is 43.3 Å². The molecule has 2 aromatic heterocycles. The van der Waals surface area contributed by atoms with Gasteiger partial charge in [-0.05, 0) is 6.42 Å². The van der Waals surface area contributed by atoms with E-state index in [0.29, 0.717) is 17.4 Å². The monoisotopic (exact) mass is 436 g/mol. The number of unbranched alkanes of at least 4 members (excludes halogenated alkanes) is 1. The molecule has 0 radical (unpaired) electrons.